The number of benzene rings is 1. The molecule has 0 heterocycles. The fourth-order valence-corrected chi connectivity index (χ4v) is 2.59. The van der Waals surface area contributed by atoms with Crippen LogP contribution in [0.2, 0.25) is 20.1 Å². The third kappa shape index (κ3) is 3.18. The van der Waals surface area contributed by atoms with Crippen LogP contribution >= 0.6 is 46.4 Å². The highest BCUT2D eigenvalue weighted by Gasteiger charge is 2.17. The molecule has 0 radical (unpaired) electrons. The van der Waals surface area contributed by atoms with Gasteiger partial charge in [-0.05, 0) is 12.0 Å². The highest BCUT2D eigenvalue weighted by molar-refractivity contribution is 6.50. The first-order valence-electron chi connectivity index (χ1n) is 5.08. The molecule has 0 spiro atoms. The molecule has 1 nitrogen and oxygen atoms in total. The smallest absolute Gasteiger partial charge is 0.0785 e. The Labute approximate surface area is 117 Å². The Morgan fingerprint density at radius 3 is 1.62 bits per heavy atom. The molecule has 0 saturated heterocycles. The second-order valence-electron chi connectivity index (χ2n) is 2.77. The highest BCUT2D eigenvalue weighted by atomic mass is 35.5. The maximum Gasteiger partial charge on any atom is 0.0785 e. The van der Waals surface area contributed by atoms with Gasteiger partial charge in [0.05, 0.1) is 20.1 Å². The molecule has 1 aromatic carbocycles. The summed E-state index contributed by atoms with van der Waals surface area (Å²) in [6.45, 7) is 6.19. The van der Waals surface area contributed by atoms with Crippen LogP contribution in [0.5, 0.6) is 0 Å². The number of rotatable bonds is 2. The van der Waals surface area contributed by atoms with Gasteiger partial charge in [0.1, 0.15) is 0 Å². The lowest BCUT2D eigenvalue weighted by atomic mass is 10.1. The molecule has 0 saturated carbocycles. The molecule has 1 aromatic rings. The van der Waals surface area contributed by atoms with Crippen LogP contribution in [0.25, 0.3) is 0 Å². The summed E-state index contributed by atoms with van der Waals surface area (Å²) in [7, 11) is 0. The van der Waals surface area contributed by atoms with Crippen molar-refractivity contribution in [2.24, 2.45) is 5.73 Å². The van der Waals surface area contributed by atoms with Crippen LogP contribution in [-0.2, 0) is 13.0 Å². The number of hydrogen-bond acceptors (Lipinski definition) is 1. The van der Waals surface area contributed by atoms with Crippen LogP contribution < -0.4 is 5.73 Å². The summed E-state index contributed by atoms with van der Waals surface area (Å²) in [5.41, 5.74) is 6.97. The third-order valence-electron chi connectivity index (χ3n) is 2.00. The molecule has 0 aliphatic heterocycles. The molecule has 0 aliphatic rings. The lowest BCUT2D eigenvalue weighted by molar-refractivity contribution is 1.05. The number of nitrogens with two attached hydrogens (primary N) is 1. The van der Waals surface area contributed by atoms with E-state index in [1.165, 1.54) is 0 Å². The highest BCUT2D eigenvalue weighted by Crippen LogP contribution is 2.41. The minimum absolute atomic E-state index is 0.252. The predicted octanol–water partition coefficient (Wildman–Crippen LogP) is 5.35. The quantitative estimate of drug-likeness (QED) is 0.578. The van der Waals surface area contributed by atoms with E-state index < -0.39 is 0 Å². The Hall–Kier alpha value is 0.340. The van der Waals surface area contributed by atoms with E-state index in [2.05, 4.69) is 0 Å². The van der Waals surface area contributed by atoms with Crippen molar-refractivity contribution in [3.8, 4) is 0 Å². The van der Waals surface area contributed by atoms with Gasteiger partial charge >= 0.3 is 0 Å². The summed E-state index contributed by atoms with van der Waals surface area (Å²) in [4.78, 5) is 0. The van der Waals surface area contributed by atoms with Gasteiger partial charge < -0.3 is 5.73 Å². The molecule has 2 N–H and O–H groups in total. The molecule has 92 valence electrons. The van der Waals surface area contributed by atoms with Crippen molar-refractivity contribution < 1.29 is 0 Å². The molecule has 5 heteroatoms. The van der Waals surface area contributed by atoms with Crippen molar-refractivity contribution in [2.45, 2.75) is 33.7 Å². The lowest BCUT2D eigenvalue weighted by Gasteiger charge is -2.13. The SMILES string of the molecule is CC.CCc1c(Cl)c(Cl)c(Cl)c(CN)c1Cl. The zero-order valence-corrected chi connectivity index (χ0v) is 12.5. The Bertz CT molecular complexity index is 332. The van der Waals surface area contributed by atoms with Gasteiger partial charge in [-0.3, -0.25) is 0 Å². The minimum Gasteiger partial charge on any atom is -0.326 e. The average molecular weight is 303 g/mol. The van der Waals surface area contributed by atoms with Crippen LogP contribution in [0.4, 0.5) is 0 Å². The average Bonchev–Trinajstić information content (AvgIpc) is 2.30. The zero-order chi connectivity index (χ0) is 12.9. The van der Waals surface area contributed by atoms with Crippen molar-refractivity contribution in [1.29, 1.82) is 0 Å². The summed E-state index contributed by atoms with van der Waals surface area (Å²) in [5.74, 6) is 0. The fraction of sp³-hybridized carbons (Fsp3) is 0.455. The largest absolute Gasteiger partial charge is 0.326 e. The third-order valence-corrected chi connectivity index (χ3v) is 3.86. The second kappa shape index (κ2) is 7.62. The van der Waals surface area contributed by atoms with Gasteiger partial charge in [-0.25, -0.2) is 0 Å². The molecule has 0 aromatic heterocycles. The first kappa shape index (κ1) is 16.3. The van der Waals surface area contributed by atoms with Crippen molar-refractivity contribution in [3.63, 3.8) is 0 Å². The van der Waals surface area contributed by atoms with Crippen LogP contribution in [0.1, 0.15) is 31.9 Å². The Kier molecular flexibility index (Phi) is 7.79. The van der Waals surface area contributed by atoms with E-state index in [4.69, 9.17) is 52.1 Å². The first-order chi connectivity index (χ1) is 7.54. The maximum atomic E-state index is 6.08. The fourth-order valence-electron chi connectivity index (χ4n) is 1.23. The van der Waals surface area contributed by atoms with Crippen LogP contribution in [0.3, 0.4) is 0 Å². The van der Waals surface area contributed by atoms with Crippen molar-refractivity contribution in [1.82, 2.24) is 0 Å². The molecular formula is C11H15Cl4N. The molecule has 0 fully saturated rings. The topological polar surface area (TPSA) is 26.0 Å². The summed E-state index contributed by atoms with van der Waals surface area (Å²) in [5, 5.41) is 1.62. The molecule has 1 rings (SSSR count). The van der Waals surface area contributed by atoms with Gasteiger partial charge in [0.25, 0.3) is 0 Å². The molecule has 0 amide bonds. The summed E-state index contributed by atoms with van der Waals surface area (Å²) in [6.07, 6.45) is 0.696. The minimum atomic E-state index is 0.252. The molecule has 16 heavy (non-hydrogen) atoms. The standard InChI is InChI=1S/C9H9Cl4N.C2H6/c1-2-4-6(10)5(3-14)8(12)9(13)7(4)11;1-2/h2-3,14H2,1H3;1-2H3. The summed E-state index contributed by atoms with van der Waals surface area (Å²) in [6, 6.07) is 0. The summed E-state index contributed by atoms with van der Waals surface area (Å²) < 4.78 is 0. The van der Waals surface area contributed by atoms with Gasteiger partial charge in [0.15, 0.2) is 0 Å². The van der Waals surface area contributed by atoms with E-state index in [9.17, 15) is 0 Å². The van der Waals surface area contributed by atoms with Gasteiger partial charge in [0, 0.05) is 12.1 Å². The van der Waals surface area contributed by atoms with Crippen molar-refractivity contribution in [3.05, 3.63) is 31.2 Å². The first-order valence-corrected chi connectivity index (χ1v) is 6.59. The number of halogens is 4. The van der Waals surface area contributed by atoms with Crippen molar-refractivity contribution >= 4 is 46.4 Å². The summed E-state index contributed by atoms with van der Waals surface area (Å²) >= 11 is 24.0. The van der Waals surface area contributed by atoms with E-state index in [1.54, 1.807) is 0 Å². The number of hydrogen-bond donors (Lipinski definition) is 1. The Morgan fingerprint density at radius 1 is 0.812 bits per heavy atom. The van der Waals surface area contributed by atoms with Gasteiger partial charge in [-0.2, -0.15) is 0 Å². The Morgan fingerprint density at radius 2 is 1.25 bits per heavy atom. The van der Waals surface area contributed by atoms with Crippen LogP contribution in [0, 0.1) is 0 Å². The monoisotopic (exact) mass is 301 g/mol. The maximum absolute atomic E-state index is 6.08. The molecule has 0 atom stereocenters. The van der Waals surface area contributed by atoms with Crippen molar-refractivity contribution in [2.75, 3.05) is 0 Å². The van der Waals surface area contributed by atoms with E-state index in [-0.39, 0.29) is 6.54 Å². The van der Waals surface area contributed by atoms with Gasteiger partial charge in [0.2, 0.25) is 0 Å². The van der Waals surface area contributed by atoms with E-state index in [0.717, 1.165) is 5.56 Å². The zero-order valence-electron chi connectivity index (χ0n) is 9.50. The van der Waals surface area contributed by atoms with Crippen LogP contribution in [0.15, 0.2) is 0 Å². The second-order valence-corrected chi connectivity index (χ2v) is 4.28. The lowest BCUT2D eigenvalue weighted by Crippen LogP contribution is -2.02. The normalized spacial score (nSPS) is 9.75. The van der Waals surface area contributed by atoms with E-state index in [1.807, 2.05) is 20.8 Å². The van der Waals surface area contributed by atoms with Crippen LogP contribution in [-0.4, -0.2) is 0 Å². The van der Waals surface area contributed by atoms with E-state index >= 15 is 0 Å². The van der Waals surface area contributed by atoms with E-state index in [0.29, 0.717) is 32.1 Å². The van der Waals surface area contributed by atoms with Gasteiger partial charge in [-0.1, -0.05) is 67.2 Å². The molecule has 0 bridgehead atoms. The Balaban J connectivity index is 0.00000106. The van der Waals surface area contributed by atoms with Gasteiger partial charge in [-0.15, -0.1) is 0 Å². The molecule has 0 aliphatic carbocycles. The predicted molar refractivity (Wildman–Crippen MR) is 75.1 cm³/mol. The molecule has 0 unspecified atom stereocenters. The molecular weight excluding hydrogens is 288 g/mol.